The summed E-state index contributed by atoms with van der Waals surface area (Å²) in [5.41, 5.74) is 3.18. The van der Waals surface area contributed by atoms with E-state index in [4.69, 9.17) is 4.42 Å². The molecule has 2 rings (SSSR count). The van der Waals surface area contributed by atoms with Gasteiger partial charge in [0.2, 0.25) is 0 Å². The molecule has 0 radical (unpaired) electrons. The van der Waals surface area contributed by atoms with Crippen LogP contribution < -0.4 is 0 Å². The van der Waals surface area contributed by atoms with E-state index < -0.39 is 6.10 Å². The van der Waals surface area contributed by atoms with Gasteiger partial charge in [-0.3, -0.25) is 0 Å². The number of hydrogen-bond donors (Lipinski definition) is 1. The van der Waals surface area contributed by atoms with Gasteiger partial charge in [-0.1, -0.05) is 29.3 Å². The van der Waals surface area contributed by atoms with Gasteiger partial charge in [0.05, 0.1) is 0 Å². The van der Waals surface area contributed by atoms with Gasteiger partial charge in [-0.25, -0.2) is 0 Å². The van der Waals surface area contributed by atoms with Crippen molar-refractivity contribution >= 4 is 0 Å². The number of aryl methyl sites for hydroxylation is 3. The Morgan fingerprint density at radius 3 is 2.12 bits per heavy atom. The van der Waals surface area contributed by atoms with Crippen LogP contribution in [-0.4, -0.2) is 5.11 Å². The summed E-state index contributed by atoms with van der Waals surface area (Å²) in [5, 5.41) is 10.2. The quantitative estimate of drug-likeness (QED) is 0.835. The Bertz CT molecular complexity index is 477. The maximum atomic E-state index is 10.2. The fraction of sp³-hybridized carbons (Fsp3) is 0.286. The topological polar surface area (TPSA) is 33.4 Å². The summed E-state index contributed by atoms with van der Waals surface area (Å²) in [6.45, 7) is 5.92. The SMILES string of the molecule is Cc1cc(C)cc([C@@H](O)c2ccc(C)o2)c1. The standard InChI is InChI=1S/C14H16O2/c1-9-6-10(2)8-12(7-9)14(15)13-5-4-11(3)16-13/h4-8,14-15H,1-3H3/t14-/m1/s1. The lowest BCUT2D eigenvalue weighted by atomic mass is 10.0. The van der Waals surface area contributed by atoms with Gasteiger partial charge in [-0.05, 0) is 38.5 Å². The molecular formula is C14H16O2. The summed E-state index contributed by atoms with van der Waals surface area (Å²) in [6.07, 6.45) is -0.674. The molecule has 0 aliphatic rings. The molecule has 0 saturated heterocycles. The van der Waals surface area contributed by atoms with Crippen LogP contribution in [0.15, 0.2) is 34.7 Å². The van der Waals surface area contributed by atoms with E-state index in [1.807, 2.05) is 45.0 Å². The Kier molecular flexibility index (Phi) is 2.84. The minimum atomic E-state index is -0.674. The Balaban J connectivity index is 2.37. The molecule has 1 aromatic heterocycles. The highest BCUT2D eigenvalue weighted by molar-refractivity contribution is 5.33. The first-order valence-electron chi connectivity index (χ1n) is 5.39. The molecule has 2 nitrogen and oxygen atoms in total. The van der Waals surface area contributed by atoms with Crippen molar-refractivity contribution in [2.75, 3.05) is 0 Å². The lowest BCUT2D eigenvalue weighted by Gasteiger charge is -2.10. The number of rotatable bonds is 2. The Hall–Kier alpha value is -1.54. The van der Waals surface area contributed by atoms with Crippen molar-refractivity contribution < 1.29 is 9.52 Å². The smallest absolute Gasteiger partial charge is 0.137 e. The Morgan fingerprint density at radius 1 is 1.00 bits per heavy atom. The zero-order valence-corrected chi connectivity index (χ0v) is 9.82. The third-order valence-corrected chi connectivity index (χ3v) is 2.59. The van der Waals surface area contributed by atoms with Gasteiger partial charge in [0.25, 0.3) is 0 Å². The van der Waals surface area contributed by atoms with Crippen LogP contribution in [0.4, 0.5) is 0 Å². The van der Waals surface area contributed by atoms with Gasteiger partial charge >= 0.3 is 0 Å². The van der Waals surface area contributed by atoms with E-state index in [-0.39, 0.29) is 0 Å². The minimum Gasteiger partial charge on any atom is -0.463 e. The molecule has 0 aliphatic carbocycles. The summed E-state index contributed by atoms with van der Waals surface area (Å²) in [5.74, 6) is 1.42. The highest BCUT2D eigenvalue weighted by Crippen LogP contribution is 2.25. The number of benzene rings is 1. The monoisotopic (exact) mass is 216 g/mol. The molecule has 1 heterocycles. The molecule has 0 fully saturated rings. The third-order valence-electron chi connectivity index (χ3n) is 2.59. The first-order chi connectivity index (χ1) is 7.56. The van der Waals surface area contributed by atoms with Gasteiger partial charge < -0.3 is 9.52 Å². The predicted octanol–water partition coefficient (Wildman–Crippen LogP) is 3.29. The molecule has 0 saturated carbocycles. The maximum absolute atomic E-state index is 10.2. The molecule has 0 aliphatic heterocycles. The second-order valence-electron chi connectivity index (χ2n) is 4.27. The summed E-state index contributed by atoms with van der Waals surface area (Å²) in [4.78, 5) is 0. The first kappa shape index (κ1) is 11.0. The fourth-order valence-corrected chi connectivity index (χ4v) is 1.93. The van der Waals surface area contributed by atoms with Crippen molar-refractivity contribution in [3.05, 3.63) is 58.5 Å². The van der Waals surface area contributed by atoms with Crippen LogP contribution in [0.2, 0.25) is 0 Å². The van der Waals surface area contributed by atoms with Crippen molar-refractivity contribution in [2.24, 2.45) is 0 Å². The van der Waals surface area contributed by atoms with E-state index in [2.05, 4.69) is 6.07 Å². The average molecular weight is 216 g/mol. The van der Waals surface area contributed by atoms with Crippen molar-refractivity contribution in [1.29, 1.82) is 0 Å². The highest BCUT2D eigenvalue weighted by atomic mass is 16.4. The number of hydrogen-bond acceptors (Lipinski definition) is 2. The molecule has 0 amide bonds. The normalized spacial score (nSPS) is 12.8. The minimum absolute atomic E-state index is 0.600. The van der Waals surface area contributed by atoms with Crippen LogP contribution in [-0.2, 0) is 0 Å². The molecule has 0 unspecified atom stereocenters. The summed E-state index contributed by atoms with van der Waals surface area (Å²) in [7, 11) is 0. The second kappa shape index (κ2) is 4.14. The summed E-state index contributed by atoms with van der Waals surface area (Å²) >= 11 is 0. The molecule has 0 spiro atoms. The molecule has 1 N–H and O–H groups in total. The number of aliphatic hydroxyl groups is 1. The van der Waals surface area contributed by atoms with Gasteiger partial charge in [0, 0.05) is 0 Å². The van der Waals surface area contributed by atoms with Crippen LogP contribution >= 0.6 is 0 Å². The van der Waals surface area contributed by atoms with Crippen molar-refractivity contribution in [3.63, 3.8) is 0 Å². The van der Waals surface area contributed by atoms with Crippen LogP contribution in [0.5, 0.6) is 0 Å². The van der Waals surface area contributed by atoms with E-state index in [0.717, 1.165) is 22.5 Å². The summed E-state index contributed by atoms with van der Waals surface area (Å²) < 4.78 is 5.43. The third kappa shape index (κ3) is 2.17. The van der Waals surface area contributed by atoms with Crippen molar-refractivity contribution in [2.45, 2.75) is 26.9 Å². The fourth-order valence-electron chi connectivity index (χ4n) is 1.93. The van der Waals surface area contributed by atoms with Crippen LogP contribution in [0.1, 0.15) is 34.3 Å². The molecule has 1 atom stereocenters. The number of aliphatic hydroxyl groups excluding tert-OH is 1. The van der Waals surface area contributed by atoms with Gasteiger partial charge in [0.15, 0.2) is 0 Å². The van der Waals surface area contributed by atoms with Crippen LogP contribution in [0.3, 0.4) is 0 Å². The van der Waals surface area contributed by atoms with Crippen LogP contribution in [0.25, 0.3) is 0 Å². The lowest BCUT2D eigenvalue weighted by molar-refractivity contribution is 0.187. The van der Waals surface area contributed by atoms with E-state index in [1.54, 1.807) is 0 Å². The molecule has 0 bridgehead atoms. The zero-order chi connectivity index (χ0) is 11.7. The van der Waals surface area contributed by atoms with E-state index in [1.165, 1.54) is 0 Å². The molecular weight excluding hydrogens is 200 g/mol. The Morgan fingerprint density at radius 2 is 1.62 bits per heavy atom. The molecule has 1 aromatic carbocycles. The van der Waals surface area contributed by atoms with Gasteiger partial charge in [0.1, 0.15) is 17.6 Å². The largest absolute Gasteiger partial charge is 0.463 e. The molecule has 84 valence electrons. The van der Waals surface area contributed by atoms with Gasteiger partial charge in [-0.2, -0.15) is 0 Å². The number of furan rings is 1. The maximum Gasteiger partial charge on any atom is 0.137 e. The van der Waals surface area contributed by atoms with E-state index in [9.17, 15) is 5.11 Å². The van der Waals surface area contributed by atoms with E-state index >= 15 is 0 Å². The van der Waals surface area contributed by atoms with E-state index in [0.29, 0.717) is 5.76 Å². The molecule has 2 heteroatoms. The predicted molar refractivity (Wildman–Crippen MR) is 63.4 cm³/mol. The van der Waals surface area contributed by atoms with Gasteiger partial charge in [-0.15, -0.1) is 0 Å². The molecule has 2 aromatic rings. The molecule has 16 heavy (non-hydrogen) atoms. The van der Waals surface area contributed by atoms with Crippen molar-refractivity contribution in [1.82, 2.24) is 0 Å². The highest BCUT2D eigenvalue weighted by Gasteiger charge is 2.14. The van der Waals surface area contributed by atoms with Crippen LogP contribution in [0, 0.1) is 20.8 Å². The first-order valence-corrected chi connectivity index (χ1v) is 5.39. The van der Waals surface area contributed by atoms with Crippen molar-refractivity contribution in [3.8, 4) is 0 Å². The Labute approximate surface area is 95.5 Å². The summed E-state index contributed by atoms with van der Waals surface area (Å²) in [6, 6.07) is 9.73. The lowest BCUT2D eigenvalue weighted by Crippen LogP contribution is -1.99. The second-order valence-corrected chi connectivity index (χ2v) is 4.27. The average Bonchev–Trinajstić information content (AvgIpc) is 2.62. The zero-order valence-electron chi connectivity index (χ0n) is 9.82.